The summed E-state index contributed by atoms with van der Waals surface area (Å²) in [4.78, 5) is 14.2. The van der Waals surface area contributed by atoms with Gasteiger partial charge in [0.1, 0.15) is 0 Å². The van der Waals surface area contributed by atoms with Crippen LogP contribution in [0.1, 0.15) is 37.6 Å². The van der Waals surface area contributed by atoms with E-state index in [1.54, 1.807) is 13.0 Å². The lowest BCUT2D eigenvalue weighted by Crippen LogP contribution is -2.38. The van der Waals surface area contributed by atoms with E-state index in [0.29, 0.717) is 23.8 Å². The molecule has 0 bridgehead atoms. The number of carbonyl (C=O) groups excluding carboxylic acids is 1. The number of hydrogen-bond donors (Lipinski definition) is 1. The molecule has 0 aliphatic carbocycles. The quantitative estimate of drug-likeness (QED) is 0.681. The lowest BCUT2D eigenvalue weighted by Gasteiger charge is -2.37. The molecule has 20 heavy (non-hydrogen) atoms. The van der Waals surface area contributed by atoms with E-state index in [1.807, 2.05) is 12.1 Å². The molecule has 1 saturated heterocycles. The third kappa shape index (κ3) is 3.06. The summed E-state index contributed by atoms with van der Waals surface area (Å²) in [5.74, 6) is 1.07. The minimum Gasteiger partial charge on any atom is -0.462 e. The van der Waals surface area contributed by atoms with Crippen molar-refractivity contribution in [2.24, 2.45) is 11.8 Å². The van der Waals surface area contributed by atoms with E-state index >= 15 is 0 Å². The zero-order valence-electron chi connectivity index (χ0n) is 12.6. The molecular formula is C16H24N2O2. The maximum atomic E-state index is 11.9. The molecule has 1 aliphatic rings. The Morgan fingerprint density at radius 1 is 1.40 bits per heavy atom. The van der Waals surface area contributed by atoms with Crippen LogP contribution in [0.15, 0.2) is 18.2 Å². The Kier molecular flexibility index (Phi) is 4.53. The van der Waals surface area contributed by atoms with Gasteiger partial charge in [0.05, 0.1) is 12.2 Å². The summed E-state index contributed by atoms with van der Waals surface area (Å²) in [5, 5.41) is 0. The molecule has 0 amide bonds. The van der Waals surface area contributed by atoms with Gasteiger partial charge in [-0.05, 0) is 43.4 Å². The Morgan fingerprint density at radius 2 is 2.15 bits per heavy atom. The molecule has 0 spiro atoms. The van der Waals surface area contributed by atoms with Gasteiger partial charge in [-0.3, -0.25) is 0 Å². The van der Waals surface area contributed by atoms with Crippen molar-refractivity contribution in [1.29, 1.82) is 0 Å². The number of nitrogens with zero attached hydrogens (tertiary/aromatic N) is 1. The van der Waals surface area contributed by atoms with Crippen molar-refractivity contribution in [2.45, 2.75) is 27.2 Å². The van der Waals surface area contributed by atoms with Gasteiger partial charge in [-0.1, -0.05) is 13.8 Å². The van der Waals surface area contributed by atoms with Gasteiger partial charge in [-0.15, -0.1) is 0 Å². The van der Waals surface area contributed by atoms with E-state index in [4.69, 9.17) is 10.5 Å². The van der Waals surface area contributed by atoms with Crippen molar-refractivity contribution < 1.29 is 9.53 Å². The molecule has 0 saturated carbocycles. The molecule has 2 rings (SSSR count). The van der Waals surface area contributed by atoms with Crippen molar-refractivity contribution in [1.82, 2.24) is 0 Å². The van der Waals surface area contributed by atoms with Gasteiger partial charge < -0.3 is 15.4 Å². The van der Waals surface area contributed by atoms with Crippen molar-refractivity contribution in [2.75, 3.05) is 30.3 Å². The highest BCUT2D eigenvalue weighted by Gasteiger charge is 2.23. The number of nitrogen functional groups attached to an aromatic ring is 1. The topological polar surface area (TPSA) is 55.6 Å². The molecule has 2 atom stereocenters. The van der Waals surface area contributed by atoms with Crippen molar-refractivity contribution in [3.05, 3.63) is 23.8 Å². The normalized spacial score (nSPS) is 22.6. The van der Waals surface area contributed by atoms with Gasteiger partial charge in [0.2, 0.25) is 0 Å². The smallest absolute Gasteiger partial charge is 0.340 e. The minimum absolute atomic E-state index is 0.342. The third-order valence-corrected chi connectivity index (χ3v) is 4.23. The summed E-state index contributed by atoms with van der Waals surface area (Å²) in [6.07, 6.45) is 1.18. The maximum Gasteiger partial charge on any atom is 0.340 e. The average molecular weight is 276 g/mol. The number of esters is 1. The summed E-state index contributed by atoms with van der Waals surface area (Å²) >= 11 is 0. The van der Waals surface area contributed by atoms with Gasteiger partial charge >= 0.3 is 5.97 Å². The molecule has 4 nitrogen and oxygen atoms in total. The molecule has 1 aromatic carbocycles. The average Bonchev–Trinajstić information content (AvgIpc) is 2.42. The first kappa shape index (κ1) is 14.7. The van der Waals surface area contributed by atoms with Crippen LogP contribution >= 0.6 is 0 Å². The highest BCUT2D eigenvalue weighted by Crippen LogP contribution is 2.29. The second kappa shape index (κ2) is 6.16. The molecule has 4 heteroatoms. The van der Waals surface area contributed by atoms with Crippen molar-refractivity contribution in [3.8, 4) is 0 Å². The Hall–Kier alpha value is -1.71. The molecular weight excluding hydrogens is 252 g/mol. The van der Waals surface area contributed by atoms with Crippen LogP contribution in [0, 0.1) is 11.8 Å². The summed E-state index contributed by atoms with van der Waals surface area (Å²) < 4.78 is 5.05. The molecule has 1 fully saturated rings. The maximum absolute atomic E-state index is 11.9. The lowest BCUT2D eigenvalue weighted by atomic mass is 9.88. The van der Waals surface area contributed by atoms with Crippen LogP contribution in [-0.2, 0) is 4.74 Å². The molecule has 110 valence electrons. The molecule has 2 unspecified atom stereocenters. The standard InChI is InChI=1S/C16H24N2O2/c1-4-20-16(19)14-9-13(5-6-15(14)17)18-8-7-11(2)12(3)10-18/h5-6,9,11-12H,4,7-8,10,17H2,1-3H3. The van der Waals surface area contributed by atoms with Crippen LogP contribution in [0.2, 0.25) is 0 Å². The number of benzene rings is 1. The van der Waals surface area contributed by atoms with Crippen LogP contribution in [-0.4, -0.2) is 25.7 Å². The number of anilines is 2. The number of hydrogen-bond acceptors (Lipinski definition) is 4. The third-order valence-electron chi connectivity index (χ3n) is 4.23. The van der Waals surface area contributed by atoms with Crippen molar-refractivity contribution >= 4 is 17.3 Å². The Balaban J connectivity index is 2.21. The highest BCUT2D eigenvalue weighted by molar-refractivity contribution is 5.96. The molecule has 2 N–H and O–H groups in total. The molecule has 1 heterocycles. The van der Waals surface area contributed by atoms with Gasteiger partial charge in [0, 0.05) is 24.5 Å². The van der Waals surface area contributed by atoms with E-state index < -0.39 is 0 Å². The van der Waals surface area contributed by atoms with E-state index in [-0.39, 0.29) is 5.97 Å². The number of nitrogens with two attached hydrogens (primary N) is 1. The number of piperidine rings is 1. The first-order chi connectivity index (χ1) is 9.52. The largest absolute Gasteiger partial charge is 0.462 e. The number of ether oxygens (including phenoxy) is 1. The van der Waals surface area contributed by atoms with Crippen LogP contribution in [0.5, 0.6) is 0 Å². The highest BCUT2D eigenvalue weighted by atomic mass is 16.5. The molecule has 1 aliphatic heterocycles. The van der Waals surface area contributed by atoms with Crippen molar-refractivity contribution in [3.63, 3.8) is 0 Å². The molecule has 0 aromatic heterocycles. The SMILES string of the molecule is CCOC(=O)c1cc(N2CCC(C)C(C)C2)ccc1N. The van der Waals surface area contributed by atoms with Crippen LogP contribution in [0.25, 0.3) is 0 Å². The minimum atomic E-state index is -0.342. The first-order valence-electron chi connectivity index (χ1n) is 7.34. The predicted molar refractivity (Wildman–Crippen MR) is 82.0 cm³/mol. The van der Waals surface area contributed by atoms with E-state index in [9.17, 15) is 4.79 Å². The van der Waals surface area contributed by atoms with Crippen LogP contribution in [0.3, 0.4) is 0 Å². The monoisotopic (exact) mass is 276 g/mol. The number of carbonyl (C=O) groups is 1. The first-order valence-corrected chi connectivity index (χ1v) is 7.34. The summed E-state index contributed by atoms with van der Waals surface area (Å²) in [6.45, 7) is 8.78. The lowest BCUT2D eigenvalue weighted by molar-refractivity contribution is 0.0527. The van der Waals surface area contributed by atoms with Gasteiger partial charge in [0.25, 0.3) is 0 Å². The zero-order valence-corrected chi connectivity index (χ0v) is 12.6. The van der Waals surface area contributed by atoms with E-state index in [2.05, 4.69) is 18.7 Å². The Labute approximate surface area is 120 Å². The summed E-state index contributed by atoms with van der Waals surface area (Å²) in [7, 11) is 0. The second-order valence-corrected chi connectivity index (χ2v) is 5.68. The van der Waals surface area contributed by atoms with Gasteiger partial charge in [-0.2, -0.15) is 0 Å². The fourth-order valence-electron chi connectivity index (χ4n) is 2.62. The van der Waals surface area contributed by atoms with E-state index in [0.717, 1.165) is 24.7 Å². The Morgan fingerprint density at radius 3 is 2.80 bits per heavy atom. The molecule has 1 aromatic rings. The van der Waals surface area contributed by atoms with Crippen LogP contribution < -0.4 is 10.6 Å². The second-order valence-electron chi connectivity index (χ2n) is 5.68. The zero-order chi connectivity index (χ0) is 14.7. The van der Waals surface area contributed by atoms with E-state index in [1.165, 1.54) is 6.42 Å². The summed E-state index contributed by atoms with van der Waals surface area (Å²) in [6, 6.07) is 5.64. The van der Waals surface area contributed by atoms with Gasteiger partial charge in [-0.25, -0.2) is 4.79 Å². The molecule has 0 radical (unpaired) electrons. The predicted octanol–water partition coefficient (Wildman–Crippen LogP) is 2.93. The summed E-state index contributed by atoms with van der Waals surface area (Å²) in [5.41, 5.74) is 7.88. The number of rotatable bonds is 3. The van der Waals surface area contributed by atoms with Gasteiger partial charge in [0.15, 0.2) is 0 Å². The van der Waals surface area contributed by atoms with Crippen LogP contribution in [0.4, 0.5) is 11.4 Å². The fourth-order valence-corrected chi connectivity index (χ4v) is 2.62. The fraction of sp³-hybridized carbons (Fsp3) is 0.562. The Bertz CT molecular complexity index is 487.